The molecule has 0 saturated heterocycles. The zero-order valence-corrected chi connectivity index (χ0v) is 18.7. The Labute approximate surface area is 170 Å². The molecule has 0 unspecified atom stereocenters. The molecule has 0 spiro atoms. The van der Waals surface area contributed by atoms with E-state index in [1.54, 1.807) is 21.1 Å². The van der Waals surface area contributed by atoms with Crippen LogP contribution < -0.4 is 10.3 Å². The van der Waals surface area contributed by atoms with Gasteiger partial charge in [-0.3, -0.25) is 14.2 Å². The van der Waals surface area contributed by atoms with Gasteiger partial charge in [0.15, 0.2) is 10.1 Å². The minimum atomic E-state index is -3.87. The van der Waals surface area contributed by atoms with Gasteiger partial charge >= 0.3 is 0 Å². The highest BCUT2D eigenvalue weighted by molar-refractivity contribution is 7.89. The molecule has 0 aliphatic carbocycles. The van der Waals surface area contributed by atoms with E-state index < -0.39 is 20.0 Å². The summed E-state index contributed by atoms with van der Waals surface area (Å²) in [6.45, 7) is 0.624. The molecule has 0 atom stereocenters. The second-order valence-electron chi connectivity index (χ2n) is 6.62. The molecule has 1 amide bonds. The Morgan fingerprint density at radius 3 is 1.72 bits per heavy atom. The van der Waals surface area contributed by atoms with E-state index in [2.05, 4.69) is 10.2 Å². The van der Waals surface area contributed by atoms with Crippen molar-refractivity contribution in [2.24, 2.45) is 24.4 Å². The summed E-state index contributed by atoms with van der Waals surface area (Å²) >= 11 is 0. The first-order valence-electron chi connectivity index (χ1n) is 8.03. The molecule has 2 rings (SSSR count). The van der Waals surface area contributed by atoms with E-state index >= 15 is 0 Å². The van der Waals surface area contributed by atoms with Crippen LogP contribution in [-0.4, -0.2) is 80.3 Å². The number of sulfonamides is 2. The minimum absolute atomic E-state index is 0.0862. The van der Waals surface area contributed by atoms with Crippen molar-refractivity contribution in [3.8, 4) is 0 Å². The van der Waals surface area contributed by atoms with Crippen molar-refractivity contribution in [3.63, 3.8) is 0 Å². The fourth-order valence-corrected chi connectivity index (χ4v) is 3.15. The van der Waals surface area contributed by atoms with Crippen LogP contribution in [0.4, 0.5) is 0 Å². The van der Waals surface area contributed by atoms with Crippen LogP contribution in [0.25, 0.3) is 0 Å². The van der Waals surface area contributed by atoms with Gasteiger partial charge in [-0.15, -0.1) is 0 Å². The number of nitrogens with two attached hydrogens (primary N) is 2. The number of hydrogen-bond donors (Lipinski definition) is 2. The van der Waals surface area contributed by atoms with Crippen molar-refractivity contribution in [1.29, 1.82) is 0 Å². The van der Waals surface area contributed by atoms with Gasteiger partial charge < -0.3 is 9.80 Å². The number of aromatic nitrogens is 4. The summed E-state index contributed by atoms with van der Waals surface area (Å²) < 4.78 is 46.6. The van der Waals surface area contributed by atoms with Crippen molar-refractivity contribution in [1.82, 2.24) is 29.4 Å². The summed E-state index contributed by atoms with van der Waals surface area (Å²) in [7, 11) is 2.52. The summed E-state index contributed by atoms with van der Waals surface area (Å²) in [6, 6.07) is 2.63. The lowest BCUT2D eigenvalue weighted by molar-refractivity contribution is 0.0817. The van der Waals surface area contributed by atoms with E-state index in [0.29, 0.717) is 6.54 Å². The first-order chi connectivity index (χ1) is 13.0. The molecule has 0 aromatic carbocycles. The van der Waals surface area contributed by atoms with Gasteiger partial charge in [0.25, 0.3) is 26.0 Å². The SMILES string of the molecule is CN(C)C(=O)c1cc(S(N)(=O)=O)nn1C.CN(C)Cc1cc(S(N)(=O)=O)nn1C. The average molecular weight is 451 g/mol. The normalized spacial score (nSPS) is 11.9. The quantitative estimate of drug-likeness (QED) is 0.519. The summed E-state index contributed by atoms with van der Waals surface area (Å²) in [6.07, 6.45) is 0. The summed E-state index contributed by atoms with van der Waals surface area (Å²) in [5, 5.41) is 16.9. The van der Waals surface area contributed by atoms with E-state index in [1.807, 2.05) is 19.0 Å². The molecule has 13 nitrogen and oxygen atoms in total. The van der Waals surface area contributed by atoms with Gasteiger partial charge in [0.1, 0.15) is 5.69 Å². The van der Waals surface area contributed by atoms with Crippen LogP contribution in [0.3, 0.4) is 0 Å². The zero-order valence-electron chi connectivity index (χ0n) is 17.1. The van der Waals surface area contributed by atoms with Crippen molar-refractivity contribution >= 4 is 26.0 Å². The summed E-state index contributed by atoms with van der Waals surface area (Å²) in [4.78, 5) is 14.8. The van der Waals surface area contributed by atoms with E-state index in [9.17, 15) is 21.6 Å². The molecule has 0 saturated carbocycles. The number of nitrogens with zero attached hydrogens (tertiary/aromatic N) is 6. The van der Waals surface area contributed by atoms with Crippen LogP contribution in [0.2, 0.25) is 0 Å². The average Bonchev–Trinajstić information content (AvgIpc) is 3.10. The summed E-state index contributed by atoms with van der Waals surface area (Å²) in [5.74, 6) is -0.333. The number of aryl methyl sites for hydroxylation is 2. The first-order valence-corrected chi connectivity index (χ1v) is 11.1. The van der Waals surface area contributed by atoms with Gasteiger partial charge in [-0.1, -0.05) is 0 Å². The van der Waals surface area contributed by atoms with Gasteiger partial charge in [0, 0.05) is 46.9 Å². The number of carbonyl (C=O) groups excluding carboxylic acids is 1. The lowest BCUT2D eigenvalue weighted by atomic mass is 10.4. The van der Waals surface area contributed by atoms with Crippen LogP contribution in [0.1, 0.15) is 16.2 Å². The molecule has 2 aromatic heterocycles. The fourth-order valence-electron chi connectivity index (χ4n) is 2.10. The third-order valence-corrected chi connectivity index (χ3v) is 5.06. The highest BCUT2D eigenvalue weighted by atomic mass is 32.2. The van der Waals surface area contributed by atoms with Crippen LogP contribution in [0.5, 0.6) is 0 Å². The second-order valence-corrected chi connectivity index (χ2v) is 9.63. The number of hydrogen-bond acceptors (Lipinski definition) is 8. The Hall–Kier alpha value is -2.33. The van der Waals surface area contributed by atoms with Gasteiger partial charge in [0.2, 0.25) is 0 Å². The molecule has 2 heterocycles. The molecule has 4 N–H and O–H groups in total. The predicted octanol–water partition coefficient (Wildman–Crippen LogP) is -2.10. The van der Waals surface area contributed by atoms with E-state index in [-0.39, 0.29) is 21.7 Å². The zero-order chi connectivity index (χ0) is 22.7. The molecule has 15 heteroatoms. The molecular weight excluding hydrogens is 424 g/mol. The fraction of sp³-hybridized carbons (Fsp3) is 0.500. The predicted molar refractivity (Wildman–Crippen MR) is 105 cm³/mol. The smallest absolute Gasteiger partial charge is 0.271 e. The van der Waals surface area contributed by atoms with Crippen molar-refractivity contribution in [2.75, 3.05) is 28.2 Å². The molecule has 29 heavy (non-hydrogen) atoms. The highest BCUT2D eigenvalue weighted by Crippen LogP contribution is 2.09. The topological polar surface area (TPSA) is 180 Å². The van der Waals surface area contributed by atoms with Crippen LogP contribution in [-0.2, 0) is 40.7 Å². The van der Waals surface area contributed by atoms with E-state index in [4.69, 9.17) is 10.3 Å². The maximum absolute atomic E-state index is 11.5. The first kappa shape index (κ1) is 24.7. The molecular formula is C14H26N8O5S2. The third kappa shape index (κ3) is 6.90. The maximum Gasteiger partial charge on any atom is 0.271 e. The largest absolute Gasteiger partial charge is 0.343 e. The second kappa shape index (κ2) is 9.00. The molecule has 0 radical (unpaired) electrons. The molecule has 0 bridgehead atoms. The minimum Gasteiger partial charge on any atom is -0.343 e. The molecule has 2 aromatic rings. The van der Waals surface area contributed by atoms with Gasteiger partial charge in [-0.05, 0) is 14.1 Å². The molecule has 0 fully saturated rings. The number of amides is 1. The van der Waals surface area contributed by atoms with Crippen molar-refractivity contribution in [3.05, 3.63) is 23.5 Å². The Morgan fingerprint density at radius 2 is 1.38 bits per heavy atom. The van der Waals surface area contributed by atoms with Gasteiger partial charge in [0.05, 0.1) is 5.69 Å². The Kier molecular flexibility index (Phi) is 7.67. The highest BCUT2D eigenvalue weighted by Gasteiger charge is 2.20. The van der Waals surface area contributed by atoms with Gasteiger partial charge in [-0.2, -0.15) is 10.2 Å². The number of carbonyl (C=O) groups is 1. The Bertz CT molecular complexity index is 1080. The Morgan fingerprint density at radius 1 is 0.931 bits per heavy atom. The lowest BCUT2D eigenvalue weighted by Crippen LogP contribution is -2.24. The van der Waals surface area contributed by atoms with Crippen LogP contribution in [0, 0.1) is 0 Å². The van der Waals surface area contributed by atoms with E-state index in [1.165, 1.54) is 27.4 Å². The maximum atomic E-state index is 11.5. The van der Waals surface area contributed by atoms with Crippen molar-refractivity contribution in [2.45, 2.75) is 16.6 Å². The number of rotatable bonds is 5. The summed E-state index contributed by atoms with van der Waals surface area (Å²) in [5.41, 5.74) is 0.975. The lowest BCUT2D eigenvalue weighted by Gasteiger charge is -2.08. The van der Waals surface area contributed by atoms with Crippen LogP contribution in [0.15, 0.2) is 22.2 Å². The third-order valence-electron chi connectivity index (χ3n) is 3.50. The Balaban J connectivity index is 0.000000291. The van der Waals surface area contributed by atoms with E-state index in [0.717, 1.165) is 11.8 Å². The monoisotopic (exact) mass is 450 g/mol. The van der Waals surface area contributed by atoms with Crippen LogP contribution >= 0.6 is 0 Å². The molecule has 0 aliphatic rings. The molecule has 0 aliphatic heterocycles. The molecule has 164 valence electrons. The van der Waals surface area contributed by atoms with Gasteiger partial charge in [-0.25, -0.2) is 27.1 Å². The standard InChI is InChI=1S/C7H12N4O3S.C7H14N4O2S/c1-10(2)7(12)5-4-6(9-11(5)3)15(8,13)14;1-10(2)5-6-4-7(9-11(6)3)14(8,12)13/h4H,1-3H3,(H2,8,13,14);4H,5H2,1-3H3,(H2,8,12,13). The van der Waals surface area contributed by atoms with Crippen molar-refractivity contribution < 1.29 is 21.6 Å². The number of primary sulfonamides is 2.